The van der Waals surface area contributed by atoms with Crippen molar-refractivity contribution >= 4 is 29.9 Å². The van der Waals surface area contributed by atoms with E-state index in [2.05, 4.69) is 27.2 Å². The molecule has 2 rings (SSSR count). The molecule has 9 heteroatoms. The van der Waals surface area contributed by atoms with Crippen molar-refractivity contribution in [2.24, 2.45) is 17.8 Å². The fourth-order valence-electron chi connectivity index (χ4n) is 2.87. The van der Waals surface area contributed by atoms with Crippen LogP contribution in [0.2, 0.25) is 0 Å². The number of morpholine rings is 1. The average molecular weight is 466 g/mol. The maximum atomic E-state index is 5.97. The fourth-order valence-corrected chi connectivity index (χ4v) is 2.87. The van der Waals surface area contributed by atoms with Crippen LogP contribution >= 0.6 is 24.0 Å². The third-order valence-electron chi connectivity index (χ3n) is 4.17. The SMILES string of the molecule is CCc1nn(C)c(OC)c1CN=C(N)NCCCN1CCOCC1.I. The number of aliphatic imine (C=N–C) groups is 1. The van der Waals surface area contributed by atoms with Gasteiger partial charge in [0.15, 0.2) is 5.96 Å². The van der Waals surface area contributed by atoms with E-state index in [1.165, 1.54) is 0 Å². The Morgan fingerprint density at radius 1 is 1.40 bits per heavy atom. The van der Waals surface area contributed by atoms with Gasteiger partial charge in [-0.25, -0.2) is 9.67 Å². The average Bonchev–Trinajstić information content (AvgIpc) is 2.92. The molecule has 1 aliphatic rings. The van der Waals surface area contributed by atoms with E-state index in [4.69, 9.17) is 15.2 Å². The van der Waals surface area contributed by atoms with Gasteiger partial charge in [0.1, 0.15) is 0 Å². The van der Waals surface area contributed by atoms with E-state index in [-0.39, 0.29) is 24.0 Å². The van der Waals surface area contributed by atoms with Crippen molar-refractivity contribution in [1.82, 2.24) is 20.0 Å². The third-order valence-corrected chi connectivity index (χ3v) is 4.17. The zero-order valence-corrected chi connectivity index (χ0v) is 17.8. The molecular formula is C16H31IN6O2. The Labute approximate surface area is 167 Å². The van der Waals surface area contributed by atoms with Gasteiger partial charge in [0.05, 0.1) is 38.1 Å². The Balaban J connectivity index is 0.00000312. The summed E-state index contributed by atoms with van der Waals surface area (Å²) in [6.45, 7) is 8.13. The molecule has 0 radical (unpaired) electrons. The summed E-state index contributed by atoms with van der Waals surface area (Å²) in [5.74, 6) is 1.21. The van der Waals surface area contributed by atoms with Crippen LogP contribution in [0.4, 0.5) is 0 Å². The molecular weight excluding hydrogens is 435 g/mol. The van der Waals surface area contributed by atoms with Gasteiger partial charge in [-0.3, -0.25) is 4.90 Å². The van der Waals surface area contributed by atoms with Crippen LogP contribution in [0, 0.1) is 0 Å². The molecule has 144 valence electrons. The zero-order chi connectivity index (χ0) is 17.4. The highest BCUT2D eigenvalue weighted by Gasteiger charge is 2.15. The minimum absolute atomic E-state index is 0. The van der Waals surface area contributed by atoms with Gasteiger partial charge in [0.2, 0.25) is 5.88 Å². The lowest BCUT2D eigenvalue weighted by molar-refractivity contribution is 0.0376. The molecule has 2 heterocycles. The topological polar surface area (TPSA) is 89.9 Å². The van der Waals surface area contributed by atoms with Gasteiger partial charge in [-0.1, -0.05) is 6.92 Å². The molecule has 0 bridgehead atoms. The van der Waals surface area contributed by atoms with Gasteiger partial charge in [-0.05, 0) is 19.4 Å². The van der Waals surface area contributed by atoms with E-state index < -0.39 is 0 Å². The summed E-state index contributed by atoms with van der Waals surface area (Å²) in [5, 5.41) is 7.63. The smallest absolute Gasteiger partial charge is 0.216 e. The molecule has 0 unspecified atom stereocenters. The van der Waals surface area contributed by atoms with Gasteiger partial charge >= 0.3 is 0 Å². The number of aromatic nitrogens is 2. The van der Waals surface area contributed by atoms with Crippen LogP contribution in [0.3, 0.4) is 0 Å². The third kappa shape index (κ3) is 6.63. The summed E-state index contributed by atoms with van der Waals surface area (Å²) in [7, 11) is 3.52. The Morgan fingerprint density at radius 2 is 2.12 bits per heavy atom. The second-order valence-corrected chi connectivity index (χ2v) is 5.85. The molecule has 0 aliphatic carbocycles. The first-order valence-corrected chi connectivity index (χ1v) is 8.58. The van der Waals surface area contributed by atoms with Gasteiger partial charge in [0.25, 0.3) is 0 Å². The van der Waals surface area contributed by atoms with Crippen molar-refractivity contribution in [3.63, 3.8) is 0 Å². The number of guanidine groups is 1. The van der Waals surface area contributed by atoms with Crippen molar-refractivity contribution in [3.8, 4) is 5.88 Å². The van der Waals surface area contributed by atoms with Crippen LogP contribution in [0.15, 0.2) is 4.99 Å². The first-order chi connectivity index (χ1) is 11.7. The minimum Gasteiger partial charge on any atom is -0.481 e. The standard InChI is InChI=1S/C16H30N6O2.HI/c1-4-14-13(15(23-3)21(2)20-14)12-19-16(17)18-6-5-7-22-8-10-24-11-9-22;/h4-12H2,1-3H3,(H3,17,18,19);1H. The first-order valence-electron chi connectivity index (χ1n) is 8.58. The molecule has 1 fully saturated rings. The normalized spacial score (nSPS) is 15.7. The highest BCUT2D eigenvalue weighted by atomic mass is 127. The highest BCUT2D eigenvalue weighted by Crippen LogP contribution is 2.22. The maximum Gasteiger partial charge on any atom is 0.216 e. The number of methoxy groups -OCH3 is 1. The van der Waals surface area contributed by atoms with E-state index in [1.807, 2.05) is 7.05 Å². The van der Waals surface area contributed by atoms with Crippen LogP contribution in [0.25, 0.3) is 0 Å². The number of hydrogen-bond acceptors (Lipinski definition) is 5. The fraction of sp³-hybridized carbons (Fsp3) is 0.750. The Kier molecular flexibility index (Phi) is 10.1. The second kappa shape index (κ2) is 11.5. The van der Waals surface area contributed by atoms with E-state index in [9.17, 15) is 0 Å². The number of aryl methyl sites for hydroxylation is 2. The monoisotopic (exact) mass is 466 g/mol. The molecule has 25 heavy (non-hydrogen) atoms. The lowest BCUT2D eigenvalue weighted by atomic mass is 10.2. The van der Waals surface area contributed by atoms with E-state index in [1.54, 1.807) is 11.8 Å². The van der Waals surface area contributed by atoms with Gasteiger partial charge in [-0.2, -0.15) is 5.10 Å². The predicted molar refractivity (Wildman–Crippen MR) is 110 cm³/mol. The number of hydrogen-bond donors (Lipinski definition) is 2. The molecule has 1 saturated heterocycles. The summed E-state index contributed by atoms with van der Waals surface area (Å²) in [6.07, 6.45) is 1.88. The molecule has 0 spiro atoms. The van der Waals surface area contributed by atoms with E-state index >= 15 is 0 Å². The Bertz CT molecular complexity index is 543. The zero-order valence-electron chi connectivity index (χ0n) is 15.5. The van der Waals surface area contributed by atoms with Crippen LogP contribution in [0.5, 0.6) is 5.88 Å². The van der Waals surface area contributed by atoms with E-state index in [0.717, 1.165) is 69.4 Å². The molecule has 1 aromatic rings. The van der Waals surface area contributed by atoms with Crippen LogP contribution in [-0.4, -0.2) is 67.1 Å². The Hall–Kier alpha value is -1.07. The van der Waals surface area contributed by atoms with Crippen LogP contribution in [-0.2, 0) is 24.8 Å². The lowest BCUT2D eigenvalue weighted by Gasteiger charge is -2.26. The molecule has 0 aromatic carbocycles. The Morgan fingerprint density at radius 3 is 2.76 bits per heavy atom. The summed E-state index contributed by atoms with van der Waals surface area (Å²) < 4.78 is 12.5. The maximum absolute atomic E-state index is 5.97. The van der Waals surface area contributed by atoms with Crippen molar-refractivity contribution < 1.29 is 9.47 Å². The number of halogens is 1. The van der Waals surface area contributed by atoms with Crippen molar-refractivity contribution in [3.05, 3.63) is 11.3 Å². The molecule has 8 nitrogen and oxygen atoms in total. The highest BCUT2D eigenvalue weighted by molar-refractivity contribution is 14.0. The number of nitrogens with two attached hydrogens (primary N) is 1. The van der Waals surface area contributed by atoms with Crippen LogP contribution in [0.1, 0.15) is 24.6 Å². The number of ether oxygens (including phenoxy) is 2. The molecule has 3 N–H and O–H groups in total. The van der Waals surface area contributed by atoms with Gasteiger partial charge in [0, 0.05) is 26.7 Å². The summed E-state index contributed by atoms with van der Waals surface area (Å²) >= 11 is 0. The van der Waals surface area contributed by atoms with Crippen LogP contribution < -0.4 is 15.8 Å². The van der Waals surface area contributed by atoms with E-state index in [0.29, 0.717) is 12.5 Å². The van der Waals surface area contributed by atoms with Crippen molar-refractivity contribution in [1.29, 1.82) is 0 Å². The first kappa shape index (κ1) is 22.0. The van der Waals surface area contributed by atoms with Gasteiger partial charge < -0.3 is 20.5 Å². The molecule has 1 aromatic heterocycles. The summed E-state index contributed by atoms with van der Waals surface area (Å²) in [6, 6.07) is 0. The predicted octanol–water partition coefficient (Wildman–Crippen LogP) is 0.736. The summed E-state index contributed by atoms with van der Waals surface area (Å²) in [5.41, 5.74) is 7.97. The second-order valence-electron chi connectivity index (χ2n) is 5.85. The lowest BCUT2D eigenvalue weighted by Crippen LogP contribution is -2.39. The van der Waals surface area contributed by atoms with Crippen molar-refractivity contribution in [2.75, 3.05) is 46.5 Å². The summed E-state index contributed by atoms with van der Waals surface area (Å²) in [4.78, 5) is 6.83. The quantitative estimate of drug-likeness (QED) is 0.254. The number of nitrogens with zero attached hydrogens (tertiary/aromatic N) is 4. The largest absolute Gasteiger partial charge is 0.481 e. The number of rotatable bonds is 8. The van der Waals surface area contributed by atoms with Gasteiger partial charge in [-0.15, -0.1) is 24.0 Å². The molecule has 0 atom stereocenters. The number of nitrogens with one attached hydrogen (secondary N) is 1. The van der Waals surface area contributed by atoms with Crippen molar-refractivity contribution in [2.45, 2.75) is 26.3 Å². The minimum atomic E-state index is 0. The molecule has 0 saturated carbocycles. The molecule has 1 aliphatic heterocycles. The molecule has 0 amide bonds.